The number of carboxylic acids is 1. The van der Waals surface area contributed by atoms with Crippen molar-refractivity contribution in [2.24, 2.45) is 11.1 Å². The van der Waals surface area contributed by atoms with E-state index in [-0.39, 0.29) is 17.8 Å². The number of hydrogen-bond donors (Lipinski definition) is 2. The summed E-state index contributed by atoms with van der Waals surface area (Å²) in [5, 5.41) is 8.85. The van der Waals surface area contributed by atoms with Crippen LogP contribution in [0.15, 0.2) is 0 Å². The molecule has 2 fully saturated rings. The number of aliphatic carboxylic acids is 1. The smallest absolute Gasteiger partial charge is 0.323 e. The van der Waals surface area contributed by atoms with Crippen LogP contribution in [-0.4, -0.2) is 29.8 Å². The van der Waals surface area contributed by atoms with Crippen LogP contribution in [0.5, 0.6) is 0 Å². The number of halogens is 1. The third-order valence-electron chi connectivity index (χ3n) is 3.36. The van der Waals surface area contributed by atoms with Gasteiger partial charge in [0.2, 0.25) is 0 Å². The van der Waals surface area contributed by atoms with Gasteiger partial charge < -0.3 is 15.6 Å². The molecule has 3 N–H and O–H groups in total. The Bertz CT molecular complexity index is 230. The van der Waals surface area contributed by atoms with Crippen LogP contribution in [0.2, 0.25) is 0 Å². The van der Waals surface area contributed by atoms with Crippen LogP contribution in [-0.2, 0) is 9.53 Å². The number of carboxylic acid groups (broad SMARTS) is 1. The highest BCUT2D eigenvalue weighted by Crippen LogP contribution is 2.53. The molecule has 0 unspecified atom stereocenters. The maximum Gasteiger partial charge on any atom is 0.323 e. The number of rotatable bonds is 1. The molecule has 1 heterocycles. The second kappa shape index (κ2) is 3.68. The summed E-state index contributed by atoms with van der Waals surface area (Å²) in [6, 6.07) is 0. The van der Waals surface area contributed by atoms with Crippen molar-refractivity contribution in [2.45, 2.75) is 31.2 Å². The Morgan fingerprint density at radius 3 is 2.21 bits per heavy atom. The fourth-order valence-electron chi connectivity index (χ4n) is 2.60. The van der Waals surface area contributed by atoms with Gasteiger partial charge in [-0.1, -0.05) is 0 Å². The van der Waals surface area contributed by atoms with Gasteiger partial charge in [0, 0.05) is 13.2 Å². The van der Waals surface area contributed by atoms with Crippen LogP contribution < -0.4 is 5.73 Å². The van der Waals surface area contributed by atoms with E-state index in [0.717, 1.165) is 26.1 Å². The van der Waals surface area contributed by atoms with Gasteiger partial charge in [0.25, 0.3) is 0 Å². The second-order valence-electron chi connectivity index (χ2n) is 4.43. The van der Waals surface area contributed by atoms with Crippen molar-refractivity contribution in [3.05, 3.63) is 0 Å². The summed E-state index contributed by atoms with van der Waals surface area (Å²) in [7, 11) is 0. The zero-order valence-electron chi connectivity index (χ0n) is 7.99. The zero-order chi connectivity index (χ0) is 9.53. The molecule has 82 valence electrons. The highest BCUT2D eigenvalue weighted by molar-refractivity contribution is 5.85. The van der Waals surface area contributed by atoms with Gasteiger partial charge in [-0.15, -0.1) is 12.4 Å². The summed E-state index contributed by atoms with van der Waals surface area (Å²) in [5.74, 6) is -0.857. The monoisotopic (exact) mass is 221 g/mol. The normalized spacial score (nSPS) is 27.5. The van der Waals surface area contributed by atoms with Crippen LogP contribution >= 0.6 is 12.4 Å². The maximum atomic E-state index is 10.8. The average molecular weight is 222 g/mol. The summed E-state index contributed by atoms with van der Waals surface area (Å²) in [5.41, 5.74) is 4.95. The Morgan fingerprint density at radius 2 is 1.79 bits per heavy atom. The van der Waals surface area contributed by atoms with Crippen LogP contribution in [0, 0.1) is 5.41 Å². The third kappa shape index (κ3) is 1.74. The molecule has 0 aromatic rings. The van der Waals surface area contributed by atoms with E-state index in [9.17, 15) is 4.79 Å². The first kappa shape index (κ1) is 11.8. The largest absolute Gasteiger partial charge is 0.480 e. The quantitative estimate of drug-likeness (QED) is 0.687. The van der Waals surface area contributed by atoms with E-state index in [4.69, 9.17) is 15.6 Å². The lowest BCUT2D eigenvalue weighted by molar-refractivity contribution is -0.158. The van der Waals surface area contributed by atoms with Crippen molar-refractivity contribution in [3.63, 3.8) is 0 Å². The maximum absolute atomic E-state index is 10.8. The lowest BCUT2D eigenvalue weighted by atomic mass is 9.54. The molecule has 1 saturated carbocycles. The molecule has 0 aromatic carbocycles. The molecule has 0 bridgehead atoms. The van der Waals surface area contributed by atoms with Crippen molar-refractivity contribution >= 4 is 18.4 Å². The first-order valence-corrected chi connectivity index (χ1v) is 4.67. The molecule has 0 amide bonds. The molecule has 0 aromatic heterocycles. The SMILES string of the molecule is Cl.NC1(C(=O)O)CC2(CCOCC2)C1. The van der Waals surface area contributed by atoms with Gasteiger partial charge in [-0.05, 0) is 31.1 Å². The Hall–Kier alpha value is -0.320. The summed E-state index contributed by atoms with van der Waals surface area (Å²) >= 11 is 0. The first-order valence-electron chi connectivity index (χ1n) is 4.67. The van der Waals surface area contributed by atoms with Crippen molar-refractivity contribution in [3.8, 4) is 0 Å². The number of hydrogen-bond acceptors (Lipinski definition) is 3. The predicted molar refractivity (Wildman–Crippen MR) is 53.5 cm³/mol. The number of ether oxygens (including phenoxy) is 1. The van der Waals surface area contributed by atoms with Crippen molar-refractivity contribution in [2.75, 3.05) is 13.2 Å². The molecule has 0 radical (unpaired) electrons. The predicted octanol–water partition coefficient (Wildman–Crippen LogP) is 0.781. The van der Waals surface area contributed by atoms with Crippen molar-refractivity contribution in [1.82, 2.24) is 0 Å². The standard InChI is InChI=1S/C9H15NO3.ClH/c10-9(7(11)12)5-8(6-9)1-3-13-4-2-8;/h1-6,10H2,(H,11,12);1H. The molecule has 1 saturated heterocycles. The second-order valence-corrected chi connectivity index (χ2v) is 4.43. The van der Waals surface area contributed by atoms with Crippen molar-refractivity contribution < 1.29 is 14.6 Å². The minimum absolute atomic E-state index is 0. The molecule has 4 nitrogen and oxygen atoms in total. The van der Waals surface area contributed by atoms with Gasteiger partial charge in [0.05, 0.1) is 0 Å². The van der Waals surface area contributed by atoms with Crippen LogP contribution in [0.4, 0.5) is 0 Å². The van der Waals surface area contributed by atoms with Crippen LogP contribution in [0.3, 0.4) is 0 Å². The van der Waals surface area contributed by atoms with Gasteiger partial charge in [0.1, 0.15) is 5.54 Å². The minimum Gasteiger partial charge on any atom is -0.480 e. The van der Waals surface area contributed by atoms with Crippen LogP contribution in [0.25, 0.3) is 0 Å². The van der Waals surface area contributed by atoms with E-state index in [0.29, 0.717) is 12.8 Å². The molecule has 1 aliphatic heterocycles. The summed E-state index contributed by atoms with van der Waals surface area (Å²) < 4.78 is 5.24. The summed E-state index contributed by atoms with van der Waals surface area (Å²) in [6.07, 6.45) is 3.19. The van der Waals surface area contributed by atoms with Crippen LogP contribution in [0.1, 0.15) is 25.7 Å². The molecule has 14 heavy (non-hydrogen) atoms. The lowest BCUT2D eigenvalue weighted by Crippen LogP contribution is -2.64. The van der Waals surface area contributed by atoms with E-state index < -0.39 is 11.5 Å². The Labute approximate surface area is 89.2 Å². The number of nitrogens with two attached hydrogens (primary N) is 1. The molecule has 2 rings (SSSR count). The highest BCUT2D eigenvalue weighted by Gasteiger charge is 2.56. The molecule has 1 aliphatic carbocycles. The zero-order valence-corrected chi connectivity index (χ0v) is 8.81. The van der Waals surface area contributed by atoms with Gasteiger partial charge in [-0.25, -0.2) is 0 Å². The first-order chi connectivity index (χ1) is 6.06. The van der Waals surface area contributed by atoms with E-state index >= 15 is 0 Å². The van der Waals surface area contributed by atoms with Crippen molar-refractivity contribution in [1.29, 1.82) is 0 Å². The highest BCUT2D eigenvalue weighted by atomic mass is 35.5. The van der Waals surface area contributed by atoms with Gasteiger partial charge in [-0.2, -0.15) is 0 Å². The topological polar surface area (TPSA) is 72.6 Å². The molecule has 2 aliphatic rings. The van der Waals surface area contributed by atoms with E-state index in [1.54, 1.807) is 0 Å². The van der Waals surface area contributed by atoms with E-state index in [1.807, 2.05) is 0 Å². The minimum atomic E-state index is -0.947. The molecule has 5 heteroatoms. The summed E-state index contributed by atoms with van der Waals surface area (Å²) in [4.78, 5) is 10.8. The lowest BCUT2D eigenvalue weighted by Gasteiger charge is -2.53. The Balaban J connectivity index is 0.000000980. The van der Waals surface area contributed by atoms with E-state index in [2.05, 4.69) is 0 Å². The molecule has 1 spiro atoms. The average Bonchev–Trinajstić information content (AvgIpc) is 2.03. The Kier molecular flexibility index (Phi) is 3.09. The Morgan fingerprint density at radius 1 is 1.29 bits per heavy atom. The third-order valence-corrected chi connectivity index (χ3v) is 3.36. The van der Waals surface area contributed by atoms with Gasteiger partial charge in [-0.3, -0.25) is 4.79 Å². The fourth-order valence-corrected chi connectivity index (χ4v) is 2.60. The summed E-state index contributed by atoms with van der Waals surface area (Å²) in [6.45, 7) is 1.52. The van der Waals surface area contributed by atoms with E-state index in [1.165, 1.54) is 0 Å². The molecule has 0 atom stereocenters. The van der Waals surface area contributed by atoms with Gasteiger partial charge >= 0.3 is 5.97 Å². The molecular formula is C9H16ClNO3. The fraction of sp³-hybridized carbons (Fsp3) is 0.889. The van der Waals surface area contributed by atoms with Gasteiger partial charge in [0.15, 0.2) is 0 Å². The molecular weight excluding hydrogens is 206 g/mol. The number of carbonyl (C=O) groups is 1.